The third kappa shape index (κ3) is 3.92. The van der Waals surface area contributed by atoms with Gasteiger partial charge in [-0.2, -0.15) is 4.31 Å². The molecule has 8 heteroatoms. The first-order valence-corrected chi connectivity index (χ1v) is 11.0. The number of rotatable bonds is 4. The minimum absolute atomic E-state index is 0.000398. The highest BCUT2D eigenvalue weighted by Crippen LogP contribution is 2.35. The summed E-state index contributed by atoms with van der Waals surface area (Å²) in [4.78, 5) is 11.3. The van der Waals surface area contributed by atoms with Gasteiger partial charge in [0, 0.05) is 23.6 Å². The van der Waals surface area contributed by atoms with Crippen molar-refractivity contribution in [3.63, 3.8) is 0 Å². The van der Waals surface area contributed by atoms with Crippen molar-refractivity contribution in [1.82, 2.24) is 4.31 Å². The van der Waals surface area contributed by atoms with E-state index in [1.807, 2.05) is 42.5 Å². The van der Waals surface area contributed by atoms with Crippen LogP contribution in [0.2, 0.25) is 5.02 Å². The van der Waals surface area contributed by atoms with Crippen LogP contribution in [-0.2, 0) is 27.7 Å². The maximum Gasteiger partial charge on any atom is 0.507 e. The Morgan fingerprint density at radius 1 is 1.00 bits per heavy atom. The maximum absolute atomic E-state index is 13.7. The Hall–Kier alpha value is -2.87. The van der Waals surface area contributed by atoms with Crippen molar-refractivity contribution in [3.8, 4) is 11.1 Å². The van der Waals surface area contributed by atoms with Crippen LogP contribution < -0.4 is 0 Å². The van der Waals surface area contributed by atoms with Gasteiger partial charge in [-0.25, -0.2) is 13.2 Å². The van der Waals surface area contributed by atoms with E-state index in [0.29, 0.717) is 11.1 Å². The summed E-state index contributed by atoms with van der Waals surface area (Å²) in [6.07, 6.45) is -2.58. The Morgan fingerprint density at radius 2 is 1.67 bits per heavy atom. The van der Waals surface area contributed by atoms with E-state index in [-0.39, 0.29) is 22.9 Å². The standard InChI is InChI=1S/C22H18ClNO5S/c23-18-10-11-19(15-6-2-1-3-7-15)20(13-18)30(27,28)24-14-17-9-5-4-8-16(17)12-21(24)29-22(25)26/h1-11,13,21H,12,14H2,(H,25,26)/t21-/m1/s1. The van der Waals surface area contributed by atoms with Gasteiger partial charge in [0.2, 0.25) is 10.0 Å². The minimum atomic E-state index is -4.14. The van der Waals surface area contributed by atoms with Gasteiger partial charge in [0.05, 0.1) is 4.90 Å². The topological polar surface area (TPSA) is 83.9 Å². The molecular weight excluding hydrogens is 426 g/mol. The molecule has 3 aromatic carbocycles. The first-order valence-electron chi connectivity index (χ1n) is 9.19. The number of benzene rings is 3. The highest BCUT2D eigenvalue weighted by atomic mass is 35.5. The number of carbonyl (C=O) groups is 1. The van der Waals surface area contributed by atoms with Gasteiger partial charge in [-0.3, -0.25) is 0 Å². The van der Waals surface area contributed by atoms with Gasteiger partial charge in [0.15, 0.2) is 6.23 Å². The molecule has 1 heterocycles. The van der Waals surface area contributed by atoms with E-state index >= 15 is 0 Å². The number of fused-ring (bicyclic) bond motifs is 1. The van der Waals surface area contributed by atoms with Crippen molar-refractivity contribution < 1.29 is 23.1 Å². The van der Waals surface area contributed by atoms with E-state index in [2.05, 4.69) is 0 Å². The molecule has 1 aliphatic rings. The molecule has 154 valence electrons. The summed E-state index contributed by atoms with van der Waals surface area (Å²) in [6.45, 7) is -0.00278. The van der Waals surface area contributed by atoms with E-state index in [4.69, 9.17) is 16.3 Å². The number of carboxylic acid groups (broad SMARTS) is 1. The highest BCUT2D eigenvalue weighted by Gasteiger charge is 2.39. The molecule has 1 atom stereocenters. The fraction of sp³-hybridized carbons (Fsp3) is 0.136. The van der Waals surface area contributed by atoms with Crippen LogP contribution in [0.5, 0.6) is 0 Å². The van der Waals surface area contributed by atoms with Gasteiger partial charge in [-0.1, -0.05) is 72.3 Å². The lowest BCUT2D eigenvalue weighted by Crippen LogP contribution is -2.46. The lowest BCUT2D eigenvalue weighted by Gasteiger charge is -2.34. The van der Waals surface area contributed by atoms with Gasteiger partial charge >= 0.3 is 6.16 Å². The van der Waals surface area contributed by atoms with E-state index in [1.165, 1.54) is 6.07 Å². The predicted octanol–water partition coefficient (Wildman–Crippen LogP) is 4.77. The molecule has 0 spiro atoms. The van der Waals surface area contributed by atoms with Crippen molar-refractivity contribution in [2.24, 2.45) is 0 Å². The molecule has 0 aromatic heterocycles. The fourth-order valence-corrected chi connectivity index (χ4v) is 5.58. The lowest BCUT2D eigenvalue weighted by molar-refractivity contribution is -0.00658. The van der Waals surface area contributed by atoms with Gasteiger partial charge in [0.1, 0.15) is 0 Å². The van der Waals surface area contributed by atoms with Crippen LogP contribution in [0.3, 0.4) is 0 Å². The Bertz CT molecular complexity index is 1200. The van der Waals surface area contributed by atoms with Crippen LogP contribution in [0.4, 0.5) is 4.79 Å². The Morgan fingerprint density at radius 3 is 2.37 bits per heavy atom. The van der Waals surface area contributed by atoms with E-state index < -0.39 is 22.4 Å². The molecule has 0 amide bonds. The first kappa shape index (κ1) is 20.4. The SMILES string of the molecule is O=C(O)O[C@@H]1Cc2ccccc2CN1S(=O)(=O)c1cc(Cl)ccc1-c1ccccc1. The molecule has 1 N–H and O–H groups in total. The first-order chi connectivity index (χ1) is 14.4. The number of halogens is 1. The summed E-state index contributed by atoms with van der Waals surface area (Å²) in [5.74, 6) is 0. The van der Waals surface area contributed by atoms with Gasteiger partial charge in [0.25, 0.3) is 0 Å². The zero-order valence-corrected chi connectivity index (χ0v) is 17.3. The molecule has 0 bridgehead atoms. The Balaban J connectivity index is 1.84. The molecule has 0 fully saturated rings. The van der Waals surface area contributed by atoms with Crippen molar-refractivity contribution in [2.75, 3.05) is 0 Å². The third-order valence-electron chi connectivity index (χ3n) is 5.01. The second-order valence-corrected chi connectivity index (χ2v) is 9.16. The normalized spacial score (nSPS) is 16.6. The Labute approximate surface area is 179 Å². The Kier molecular flexibility index (Phi) is 5.51. The van der Waals surface area contributed by atoms with Crippen LogP contribution in [0, 0.1) is 0 Å². The number of hydrogen-bond acceptors (Lipinski definition) is 4. The van der Waals surface area contributed by atoms with Gasteiger partial charge < -0.3 is 9.84 Å². The number of ether oxygens (including phenoxy) is 1. The zero-order chi connectivity index (χ0) is 21.3. The molecule has 0 radical (unpaired) electrons. The molecule has 1 aliphatic heterocycles. The monoisotopic (exact) mass is 443 g/mol. The van der Waals surface area contributed by atoms with Crippen molar-refractivity contribution in [3.05, 3.63) is 88.9 Å². The summed E-state index contributed by atoms with van der Waals surface area (Å²) >= 11 is 6.14. The molecule has 0 unspecified atom stereocenters. The summed E-state index contributed by atoms with van der Waals surface area (Å²) in [7, 11) is -4.14. The van der Waals surface area contributed by atoms with Crippen LogP contribution in [-0.4, -0.2) is 30.2 Å². The minimum Gasteiger partial charge on any atom is -0.450 e. The quantitative estimate of drug-likeness (QED) is 0.587. The lowest BCUT2D eigenvalue weighted by atomic mass is 10.0. The molecule has 4 rings (SSSR count). The summed E-state index contributed by atoms with van der Waals surface area (Å²) in [5, 5.41) is 9.44. The second kappa shape index (κ2) is 8.10. The van der Waals surface area contributed by atoms with Crippen LogP contribution >= 0.6 is 11.6 Å². The number of hydrogen-bond donors (Lipinski definition) is 1. The van der Waals surface area contributed by atoms with Gasteiger partial charge in [-0.05, 0) is 28.8 Å². The second-order valence-electron chi connectivity index (χ2n) is 6.87. The third-order valence-corrected chi connectivity index (χ3v) is 7.12. The van der Waals surface area contributed by atoms with E-state index in [1.54, 1.807) is 24.3 Å². The fourth-order valence-electron chi connectivity index (χ4n) is 3.62. The summed E-state index contributed by atoms with van der Waals surface area (Å²) < 4.78 is 33.5. The zero-order valence-electron chi connectivity index (χ0n) is 15.7. The smallest absolute Gasteiger partial charge is 0.450 e. The van der Waals surface area contributed by atoms with Crippen LogP contribution in [0.1, 0.15) is 11.1 Å². The summed E-state index contributed by atoms with van der Waals surface area (Å²) in [5.41, 5.74) is 2.84. The highest BCUT2D eigenvalue weighted by molar-refractivity contribution is 7.89. The largest absolute Gasteiger partial charge is 0.507 e. The van der Waals surface area contributed by atoms with E-state index in [9.17, 15) is 18.3 Å². The molecule has 0 saturated heterocycles. The molecule has 6 nitrogen and oxygen atoms in total. The molecule has 0 aliphatic carbocycles. The van der Waals surface area contributed by atoms with Crippen molar-refractivity contribution in [1.29, 1.82) is 0 Å². The average Bonchev–Trinajstić information content (AvgIpc) is 2.73. The molecule has 3 aromatic rings. The number of nitrogens with zero attached hydrogens (tertiary/aromatic N) is 1. The summed E-state index contributed by atoms with van der Waals surface area (Å²) in [6, 6.07) is 21.0. The van der Waals surface area contributed by atoms with Crippen molar-refractivity contribution in [2.45, 2.75) is 24.1 Å². The molecule has 0 saturated carbocycles. The van der Waals surface area contributed by atoms with E-state index in [0.717, 1.165) is 15.4 Å². The molecule has 30 heavy (non-hydrogen) atoms. The maximum atomic E-state index is 13.7. The van der Waals surface area contributed by atoms with Crippen LogP contribution in [0.15, 0.2) is 77.7 Å². The van der Waals surface area contributed by atoms with Crippen molar-refractivity contribution >= 4 is 27.8 Å². The van der Waals surface area contributed by atoms with Gasteiger partial charge in [-0.15, -0.1) is 0 Å². The average molecular weight is 444 g/mol. The molecular formula is C22H18ClNO5S. The van der Waals surface area contributed by atoms with Crippen LogP contribution in [0.25, 0.3) is 11.1 Å². The predicted molar refractivity (Wildman–Crippen MR) is 113 cm³/mol. The number of sulfonamides is 1.